The minimum Gasteiger partial charge on any atom is -0.490 e. The quantitative estimate of drug-likeness (QED) is 0.526. The second-order valence-corrected chi connectivity index (χ2v) is 8.73. The van der Waals surface area contributed by atoms with Crippen LogP contribution >= 0.6 is 15.9 Å². The lowest BCUT2D eigenvalue weighted by Gasteiger charge is -2.38. The Labute approximate surface area is 185 Å². The minimum atomic E-state index is -0.360. The van der Waals surface area contributed by atoms with E-state index in [4.69, 9.17) is 14.5 Å². The third-order valence-corrected chi connectivity index (χ3v) is 6.54. The molecule has 1 saturated carbocycles. The predicted octanol–water partition coefficient (Wildman–Crippen LogP) is 5.33. The van der Waals surface area contributed by atoms with Crippen LogP contribution in [0.3, 0.4) is 0 Å². The van der Waals surface area contributed by atoms with Gasteiger partial charge in [0.2, 0.25) is 0 Å². The first-order chi connectivity index (χ1) is 14.5. The fourth-order valence-electron chi connectivity index (χ4n) is 4.77. The van der Waals surface area contributed by atoms with E-state index in [0.717, 1.165) is 52.7 Å². The number of halogens is 1. The van der Waals surface area contributed by atoms with Crippen LogP contribution < -0.4 is 9.47 Å². The van der Waals surface area contributed by atoms with E-state index < -0.39 is 0 Å². The Morgan fingerprint density at radius 1 is 1.13 bits per heavy atom. The summed E-state index contributed by atoms with van der Waals surface area (Å²) >= 11 is 3.62. The highest BCUT2D eigenvalue weighted by molar-refractivity contribution is 9.10. The van der Waals surface area contributed by atoms with E-state index in [9.17, 15) is 9.59 Å². The van der Waals surface area contributed by atoms with Gasteiger partial charge < -0.3 is 9.47 Å². The third-order valence-electron chi connectivity index (χ3n) is 5.95. The number of benzene rings is 1. The Bertz CT molecular complexity index is 962. The number of hydrogen-bond donors (Lipinski definition) is 0. The summed E-state index contributed by atoms with van der Waals surface area (Å²) in [4.78, 5) is 30.8. The van der Waals surface area contributed by atoms with Gasteiger partial charge in [-0.3, -0.25) is 14.6 Å². The molecule has 0 bridgehead atoms. The molecule has 1 aliphatic heterocycles. The number of aliphatic imine (C=N–C) groups is 1. The molecule has 158 valence electrons. The maximum absolute atomic E-state index is 13.0. The summed E-state index contributed by atoms with van der Waals surface area (Å²) in [5, 5.41) is 0. The zero-order valence-corrected chi connectivity index (χ0v) is 18.8. The molecule has 0 saturated heterocycles. The molecule has 0 unspecified atom stereocenters. The number of carbonyl (C=O) groups excluding carboxylic acids is 2. The maximum Gasteiger partial charge on any atom is 0.175 e. The number of Topliss-reactive ketones (excluding diaryl/α,β-unsaturated/α-hetero) is 2. The summed E-state index contributed by atoms with van der Waals surface area (Å²) < 4.78 is 12.4. The number of nitrogens with zero attached hydrogens (tertiary/aromatic N) is 1. The smallest absolute Gasteiger partial charge is 0.175 e. The highest BCUT2D eigenvalue weighted by Gasteiger charge is 2.44. The van der Waals surface area contributed by atoms with Crippen molar-refractivity contribution in [3.05, 3.63) is 46.1 Å². The monoisotopic (exact) mass is 471 g/mol. The van der Waals surface area contributed by atoms with Crippen LogP contribution in [0.5, 0.6) is 11.5 Å². The van der Waals surface area contributed by atoms with E-state index in [2.05, 4.69) is 22.5 Å². The van der Waals surface area contributed by atoms with Crippen LogP contribution in [-0.2, 0) is 9.59 Å². The Kier molecular flexibility index (Phi) is 6.23. The second kappa shape index (κ2) is 8.88. The molecule has 0 amide bonds. The fraction of sp³-hybridized carbons (Fsp3) is 0.458. The SMILES string of the molecule is C=CCOc1c(Br)cc([C@H]2C3=C(CCCC3=O)N=C3CCCC(=O)[C@@H]32)cc1OCC. The van der Waals surface area contributed by atoms with Gasteiger partial charge in [0.15, 0.2) is 17.3 Å². The van der Waals surface area contributed by atoms with Crippen LogP contribution in [0.2, 0.25) is 0 Å². The van der Waals surface area contributed by atoms with E-state index in [1.54, 1.807) is 6.08 Å². The van der Waals surface area contributed by atoms with Gasteiger partial charge in [0.1, 0.15) is 12.4 Å². The topological polar surface area (TPSA) is 65.0 Å². The molecule has 5 nitrogen and oxygen atoms in total. The molecule has 1 aromatic carbocycles. The van der Waals surface area contributed by atoms with Gasteiger partial charge >= 0.3 is 0 Å². The summed E-state index contributed by atoms with van der Waals surface area (Å²) in [7, 11) is 0. The van der Waals surface area contributed by atoms with E-state index in [-0.39, 0.29) is 23.4 Å². The Balaban J connectivity index is 1.86. The first kappa shape index (κ1) is 21.0. The van der Waals surface area contributed by atoms with Crippen LogP contribution in [0.15, 0.2) is 45.5 Å². The molecule has 2 atom stereocenters. The van der Waals surface area contributed by atoms with Crippen LogP contribution in [0.25, 0.3) is 0 Å². The van der Waals surface area contributed by atoms with Crippen molar-refractivity contribution in [2.75, 3.05) is 13.2 Å². The molecule has 0 spiro atoms. The van der Waals surface area contributed by atoms with Gasteiger partial charge in [0.25, 0.3) is 0 Å². The number of rotatable bonds is 6. The standard InChI is InChI=1S/C24H26BrNO4/c1-3-11-30-24-15(25)12-14(13-20(24)29-4-2)21-22-16(7-5-9-18(22)27)26-17-8-6-10-19(28)23(17)21/h3,12-13,21-22H,1,4-11H2,2H3/t21-,22-/m1/s1. The number of fused-ring (bicyclic) bond motifs is 1. The largest absolute Gasteiger partial charge is 0.490 e. The molecule has 30 heavy (non-hydrogen) atoms. The van der Waals surface area contributed by atoms with Gasteiger partial charge in [0, 0.05) is 35.7 Å². The fourth-order valence-corrected chi connectivity index (χ4v) is 5.35. The summed E-state index contributed by atoms with van der Waals surface area (Å²) in [6, 6.07) is 3.89. The predicted molar refractivity (Wildman–Crippen MR) is 119 cm³/mol. The van der Waals surface area contributed by atoms with E-state index in [1.807, 2.05) is 19.1 Å². The lowest BCUT2D eigenvalue weighted by molar-refractivity contribution is -0.122. The normalized spacial score (nSPS) is 23.5. The van der Waals surface area contributed by atoms with Crippen molar-refractivity contribution >= 4 is 33.2 Å². The van der Waals surface area contributed by atoms with E-state index >= 15 is 0 Å². The van der Waals surface area contributed by atoms with Crippen molar-refractivity contribution in [2.45, 2.75) is 51.4 Å². The summed E-state index contributed by atoms with van der Waals surface area (Å²) in [5.74, 6) is 0.822. The molecule has 0 N–H and O–H groups in total. The molecule has 2 aliphatic carbocycles. The zero-order valence-electron chi connectivity index (χ0n) is 17.2. The molecule has 6 heteroatoms. The summed E-state index contributed by atoms with van der Waals surface area (Å²) in [6.07, 6.45) is 6.00. The molecule has 1 fully saturated rings. The van der Waals surface area contributed by atoms with Crippen LogP contribution in [-0.4, -0.2) is 30.5 Å². The number of ketones is 2. The molecular weight excluding hydrogens is 446 g/mol. The molecule has 0 aromatic heterocycles. The van der Waals surface area contributed by atoms with Crippen LogP contribution in [0.1, 0.15) is 56.9 Å². The second-order valence-electron chi connectivity index (χ2n) is 7.88. The molecule has 1 heterocycles. The lowest BCUT2D eigenvalue weighted by atomic mass is 9.67. The van der Waals surface area contributed by atoms with Crippen molar-refractivity contribution in [3.8, 4) is 11.5 Å². The van der Waals surface area contributed by atoms with Crippen molar-refractivity contribution in [2.24, 2.45) is 10.9 Å². The van der Waals surface area contributed by atoms with Crippen molar-refractivity contribution in [1.82, 2.24) is 0 Å². The highest BCUT2D eigenvalue weighted by atomic mass is 79.9. The van der Waals surface area contributed by atoms with Gasteiger partial charge in [-0.25, -0.2) is 0 Å². The van der Waals surface area contributed by atoms with Gasteiger partial charge in [-0.15, -0.1) is 0 Å². The van der Waals surface area contributed by atoms with E-state index in [1.165, 1.54) is 0 Å². The molecule has 0 radical (unpaired) electrons. The summed E-state index contributed by atoms with van der Waals surface area (Å²) in [5.41, 5.74) is 3.43. The summed E-state index contributed by atoms with van der Waals surface area (Å²) in [6.45, 7) is 6.45. The number of hydrogen-bond acceptors (Lipinski definition) is 5. The number of allylic oxidation sites excluding steroid dienone is 2. The van der Waals surface area contributed by atoms with Gasteiger partial charge in [-0.1, -0.05) is 12.7 Å². The van der Waals surface area contributed by atoms with Crippen molar-refractivity contribution in [3.63, 3.8) is 0 Å². The molecule has 4 rings (SSSR count). The first-order valence-corrected chi connectivity index (χ1v) is 11.4. The van der Waals surface area contributed by atoms with Crippen LogP contribution in [0.4, 0.5) is 0 Å². The van der Waals surface area contributed by atoms with Crippen molar-refractivity contribution < 1.29 is 19.1 Å². The highest BCUT2D eigenvalue weighted by Crippen LogP contribution is 2.48. The lowest BCUT2D eigenvalue weighted by Crippen LogP contribution is -2.39. The van der Waals surface area contributed by atoms with Crippen LogP contribution in [0, 0.1) is 5.92 Å². The molecular formula is C24H26BrNO4. The Hall–Kier alpha value is -2.21. The minimum absolute atomic E-state index is 0.114. The van der Waals surface area contributed by atoms with Crippen molar-refractivity contribution in [1.29, 1.82) is 0 Å². The Morgan fingerprint density at radius 3 is 2.70 bits per heavy atom. The first-order valence-electron chi connectivity index (χ1n) is 10.6. The number of ether oxygens (including phenoxy) is 2. The molecule has 3 aliphatic rings. The third kappa shape index (κ3) is 3.78. The number of carbonyl (C=O) groups is 2. The van der Waals surface area contributed by atoms with Gasteiger partial charge in [0.05, 0.1) is 17.0 Å². The molecule has 1 aromatic rings. The Morgan fingerprint density at radius 2 is 1.93 bits per heavy atom. The van der Waals surface area contributed by atoms with Gasteiger partial charge in [-0.2, -0.15) is 0 Å². The maximum atomic E-state index is 13.0. The zero-order chi connectivity index (χ0) is 21.3. The van der Waals surface area contributed by atoms with Gasteiger partial charge in [-0.05, 0) is 66.2 Å². The average molecular weight is 472 g/mol. The average Bonchev–Trinajstić information content (AvgIpc) is 2.72. The van der Waals surface area contributed by atoms with E-state index in [0.29, 0.717) is 37.6 Å².